The Bertz CT molecular complexity index is 414. The molecule has 0 fully saturated rings. The molecular weight excluding hydrogens is 268 g/mol. The minimum absolute atomic E-state index is 0.180. The standard InChI is InChI=1S/C17H24O4/c1-2-3-13-20-16(18)11-7-8-12-17(19)21-14-15-9-5-4-6-10-15/h4-6,9-10H,2-3,7-8,11-14H2,1H3. The number of carbonyl (C=O) groups excluding carboxylic acids is 2. The smallest absolute Gasteiger partial charge is 0.306 e. The summed E-state index contributed by atoms with van der Waals surface area (Å²) in [5.41, 5.74) is 0.977. The Morgan fingerprint density at radius 1 is 0.905 bits per heavy atom. The molecule has 4 heteroatoms. The van der Waals surface area contributed by atoms with E-state index in [1.807, 2.05) is 30.3 Å². The van der Waals surface area contributed by atoms with Gasteiger partial charge in [0.15, 0.2) is 0 Å². The first kappa shape index (κ1) is 17.2. The Kier molecular flexibility index (Phi) is 8.93. The highest BCUT2D eigenvalue weighted by molar-refractivity contribution is 5.70. The molecule has 1 rings (SSSR count). The lowest BCUT2D eigenvalue weighted by atomic mass is 10.2. The van der Waals surface area contributed by atoms with Crippen LogP contribution in [0.2, 0.25) is 0 Å². The molecule has 1 aromatic carbocycles. The predicted octanol–water partition coefficient (Wildman–Crippen LogP) is 3.63. The first-order valence-electron chi connectivity index (χ1n) is 7.57. The first-order valence-corrected chi connectivity index (χ1v) is 7.57. The molecule has 0 aliphatic carbocycles. The van der Waals surface area contributed by atoms with E-state index in [0.29, 0.717) is 38.9 Å². The third-order valence-electron chi connectivity index (χ3n) is 3.02. The monoisotopic (exact) mass is 292 g/mol. The molecule has 0 aliphatic rings. The van der Waals surface area contributed by atoms with E-state index >= 15 is 0 Å². The molecule has 0 bridgehead atoms. The van der Waals surface area contributed by atoms with Crippen molar-refractivity contribution >= 4 is 11.9 Å². The average molecular weight is 292 g/mol. The fraction of sp³-hybridized carbons (Fsp3) is 0.529. The Hall–Kier alpha value is -1.84. The van der Waals surface area contributed by atoms with Crippen LogP contribution >= 0.6 is 0 Å². The molecule has 4 nitrogen and oxygen atoms in total. The summed E-state index contributed by atoms with van der Waals surface area (Å²) in [6.45, 7) is 2.85. The van der Waals surface area contributed by atoms with Crippen molar-refractivity contribution in [2.24, 2.45) is 0 Å². The van der Waals surface area contributed by atoms with Gasteiger partial charge in [-0.15, -0.1) is 0 Å². The van der Waals surface area contributed by atoms with E-state index in [2.05, 4.69) is 6.92 Å². The van der Waals surface area contributed by atoms with Crippen molar-refractivity contribution in [3.8, 4) is 0 Å². The van der Waals surface area contributed by atoms with Gasteiger partial charge in [-0.1, -0.05) is 43.7 Å². The van der Waals surface area contributed by atoms with Crippen LogP contribution < -0.4 is 0 Å². The van der Waals surface area contributed by atoms with Gasteiger partial charge in [-0.3, -0.25) is 9.59 Å². The van der Waals surface area contributed by atoms with Crippen molar-refractivity contribution in [1.82, 2.24) is 0 Å². The number of carbonyl (C=O) groups is 2. The van der Waals surface area contributed by atoms with Crippen LogP contribution in [-0.4, -0.2) is 18.5 Å². The van der Waals surface area contributed by atoms with E-state index in [1.165, 1.54) is 0 Å². The van der Waals surface area contributed by atoms with E-state index in [-0.39, 0.29) is 11.9 Å². The SMILES string of the molecule is CCCCOC(=O)CCCCC(=O)OCc1ccccc1. The van der Waals surface area contributed by atoms with Gasteiger partial charge in [0, 0.05) is 12.8 Å². The number of benzene rings is 1. The minimum Gasteiger partial charge on any atom is -0.466 e. The molecule has 0 atom stereocenters. The third kappa shape index (κ3) is 8.84. The van der Waals surface area contributed by atoms with Crippen LogP contribution in [0.5, 0.6) is 0 Å². The molecule has 0 heterocycles. The molecule has 0 amide bonds. The number of rotatable bonds is 10. The molecule has 0 saturated carbocycles. The maximum atomic E-state index is 11.5. The zero-order chi connectivity index (χ0) is 15.3. The van der Waals surface area contributed by atoms with Crippen LogP contribution in [0.3, 0.4) is 0 Å². The van der Waals surface area contributed by atoms with Crippen molar-refractivity contribution in [2.45, 2.75) is 52.1 Å². The number of esters is 2. The highest BCUT2D eigenvalue weighted by atomic mass is 16.5. The lowest BCUT2D eigenvalue weighted by Gasteiger charge is -2.05. The van der Waals surface area contributed by atoms with Crippen LogP contribution in [0.25, 0.3) is 0 Å². The van der Waals surface area contributed by atoms with Gasteiger partial charge in [-0.2, -0.15) is 0 Å². The van der Waals surface area contributed by atoms with Gasteiger partial charge in [0.25, 0.3) is 0 Å². The van der Waals surface area contributed by atoms with Gasteiger partial charge in [0.05, 0.1) is 6.61 Å². The number of hydrogen-bond acceptors (Lipinski definition) is 4. The summed E-state index contributed by atoms with van der Waals surface area (Å²) in [4.78, 5) is 22.9. The number of hydrogen-bond donors (Lipinski definition) is 0. The van der Waals surface area contributed by atoms with Crippen LogP contribution in [0, 0.1) is 0 Å². The summed E-state index contributed by atoms with van der Waals surface area (Å²) in [5.74, 6) is -0.403. The maximum absolute atomic E-state index is 11.5. The van der Waals surface area contributed by atoms with E-state index in [1.54, 1.807) is 0 Å². The Balaban J connectivity index is 2.02. The van der Waals surface area contributed by atoms with Crippen LogP contribution in [0.4, 0.5) is 0 Å². The van der Waals surface area contributed by atoms with E-state index in [0.717, 1.165) is 18.4 Å². The van der Waals surface area contributed by atoms with Crippen LogP contribution in [0.1, 0.15) is 51.0 Å². The van der Waals surface area contributed by atoms with Crippen LogP contribution in [0.15, 0.2) is 30.3 Å². The van der Waals surface area contributed by atoms with Gasteiger partial charge in [-0.25, -0.2) is 0 Å². The molecule has 0 aliphatic heterocycles. The summed E-state index contributed by atoms with van der Waals surface area (Å²) >= 11 is 0. The molecule has 1 aromatic rings. The second-order valence-corrected chi connectivity index (χ2v) is 4.93. The normalized spacial score (nSPS) is 10.1. The van der Waals surface area contributed by atoms with Gasteiger partial charge in [-0.05, 0) is 24.8 Å². The molecule has 21 heavy (non-hydrogen) atoms. The van der Waals surface area contributed by atoms with E-state index in [4.69, 9.17) is 9.47 Å². The zero-order valence-corrected chi connectivity index (χ0v) is 12.7. The first-order chi connectivity index (χ1) is 10.2. The summed E-state index contributed by atoms with van der Waals surface area (Å²) in [5, 5.41) is 0. The molecule has 0 saturated heterocycles. The molecule has 0 radical (unpaired) electrons. The van der Waals surface area contributed by atoms with Crippen molar-refractivity contribution in [2.75, 3.05) is 6.61 Å². The summed E-state index contributed by atoms with van der Waals surface area (Å²) in [7, 11) is 0. The quantitative estimate of drug-likeness (QED) is 0.488. The summed E-state index contributed by atoms with van der Waals surface area (Å²) in [6.07, 6.45) is 3.94. The lowest BCUT2D eigenvalue weighted by molar-refractivity contribution is -0.146. The number of ether oxygens (including phenoxy) is 2. The third-order valence-corrected chi connectivity index (χ3v) is 3.02. The number of unbranched alkanes of at least 4 members (excludes halogenated alkanes) is 2. The Labute approximate surface area is 126 Å². The van der Waals surface area contributed by atoms with Crippen LogP contribution in [-0.2, 0) is 25.7 Å². The van der Waals surface area contributed by atoms with Gasteiger partial charge in [0.1, 0.15) is 6.61 Å². The molecule has 0 unspecified atom stereocenters. The topological polar surface area (TPSA) is 52.6 Å². The van der Waals surface area contributed by atoms with Gasteiger partial charge >= 0.3 is 11.9 Å². The molecule has 116 valence electrons. The summed E-state index contributed by atoms with van der Waals surface area (Å²) in [6, 6.07) is 9.57. The second-order valence-electron chi connectivity index (χ2n) is 4.93. The Morgan fingerprint density at radius 3 is 2.14 bits per heavy atom. The largest absolute Gasteiger partial charge is 0.466 e. The van der Waals surface area contributed by atoms with E-state index in [9.17, 15) is 9.59 Å². The maximum Gasteiger partial charge on any atom is 0.306 e. The second kappa shape index (κ2) is 10.9. The van der Waals surface area contributed by atoms with Crippen molar-refractivity contribution < 1.29 is 19.1 Å². The fourth-order valence-electron chi connectivity index (χ4n) is 1.75. The lowest BCUT2D eigenvalue weighted by Crippen LogP contribution is -2.07. The van der Waals surface area contributed by atoms with Crippen molar-refractivity contribution in [3.63, 3.8) is 0 Å². The minimum atomic E-state index is -0.224. The predicted molar refractivity (Wildman–Crippen MR) is 80.6 cm³/mol. The highest BCUT2D eigenvalue weighted by Crippen LogP contribution is 2.06. The molecule has 0 spiro atoms. The molecule has 0 aromatic heterocycles. The average Bonchev–Trinajstić information content (AvgIpc) is 2.51. The van der Waals surface area contributed by atoms with E-state index < -0.39 is 0 Å². The highest BCUT2D eigenvalue weighted by Gasteiger charge is 2.06. The molecule has 0 N–H and O–H groups in total. The van der Waals surface area contributed by atoms with Crippen molar-refractivity contribution in [1.29, 1.82) is 0 Å². The Morgan fingerprint density at radius 2 is 1.52 bits per heavy atom. The fourth-order valence-corrected chi connectivity index (χ4v) is 1.75. The molecular formula is C17H24O4. The van der Waals surface area contributed by atoms with Crippen molar-refractivity contribution in [3.05, 3.63) is 35.9 Å². The van der Waals surface area contributed by atoms with Gasteiger partial charge in [0.2, 0.25) is 0 Å². The van der Waals surface area contributed by atoms with Gasteiger partial charge < -0.3 is 9.47 Å². The zero-order valence-electron chi connectivity index (χ0n) is 12.7. The summed E-state index contributed by atoms with van der Waals surface area (Å²) < 4.78 is 10.2.